The van der Waals surface area contributed by atoms with E-state index in [0.717, 1.165) is 10.4 Å². The number of para-hydroxylation sites is 1. The third-order valence-corrected chi connectivity index (χ3v) is 3.92. The lowest BCUT2D eigenvalue weighted by Gasteiger charge is -2.02. The van der Waals surface area contributed by atoms with Crippen LogP contribution in [0, 0.1) is 0 Å². The molecular weight excluding hydrogens is 242 g/mol. The first-order valence-electron chi connectivity index (χ1n) is 4.74. The second-order valence-corrected chi connectivity index (χ2v) is 4.89. The first-order valence-corrected chi connectivity index (χ1v) is 5.94. The van der Waals surface area contributed by atoms with Crippen LogP contribution in [0.2, 0.25) is 5.02 Å². The van der Waals surface area contributed by atoms with E-state index in [2.05, 4.69) is 0 Å². The van der Waals surface area contributed by atoms with Crippen molar-refractivity contribution < 1.29 is 4.79 Å². The van der Waals surface area contributed by atoms with Gasteiger partial charge in [0, 0.05) is 11.3 Å². The van der Waals surface area contributed by atoms with E-state index in [0.29, 0.717) is 15.6 Å². The summed E-state index contributed by atoms with van der Waals surface area (Å²) in [4.78, 5) is 12.8. The standard InChI is InChI=1S/C12H10ClNOS/c1-7(15)11-6-9(13)12(16-11)8-4-2-3-5-10(8)14/h2-6H,14H2,1H3. The van der Waals surface area contributed by atoms with Gasteiger partial charge in [0.05, 0.1) is 14.8 Å². The molecule has 0 unspecified atom stereocenters. The predicted octanol–water partition coefficient (Wildman–Crippen LogP) is 3.85. The molecule has 16 heavy (non-hydrogen) atoms. The van der Waals surface area contributed by atoms with Crippen molar-refractivity contribution in [1.82, 2.24) is 0 Å². The smallest absolute Gasteiger partial charge is 0.169 e. The van der Waals surface area contributed by atoms with Crippen LogP contribution in [0.15, 0.2) is 30.3 Å². The van der Waals surface area contributed by atoms with Crippen LogP contribution < -0.4 is 5.73 Å². The van der Waals surface area contributed by atoms with Crippen molar-refractivity contribution in [2.45, 2.75) is 6.92 Å². The number of carbonyl (C=O) groups is 1. The molecule has 1 aromatic heterocycles. The number of hydrogen-bond acceptors (Lipinski definition) is 3. The van der Waals surface area contributed by atoms with Gasteiger partial charge in [0.25, 0.3) is 0 Å². The third-order valence-electron chi connectivity index (χ3n) is 2.24. The summed E-state index contributed by atoms with van der Waals surface area (Å²) < 4.78 is 0. The first kappa shape index (κ1) is 11.2. The Morgan fingerprint density at radius 1 is 1.38 bits per heavy atom. The molecule has 0 aliphatic heterocycles. The Morgan fingerprint density at radius 3 is 2.62 bits per heavy atom. The van der Waals surface area contributed by atoms with Gasteiger partial charge in [-0.2, -0.15) is 0 Å². The number of halogens is 1. The van der Waals surface area contributed by atoms with Crippen LogP contribution in [-0.4, -0.2) is 5.78 Å². The molecule has 2 rings (SSSR count). The molecule has 1 aromatic carbocycles. The number of anilines is 1. The normalized spacial score (nSPS) is 10.4. The molecule has 0 saturated heterocycles. The van der Waals surface area contributed by atoms with Crippen molar-refractivity contribution in [3.8, 4) is 10.4 Å². The van der Waals surface area contributed by atoms with E-state index in [4.69, 9.17) is 17.3 Å². The summed E-state index contributed by atoms with van der Waals surface area (Å²) in [6.45, 7) is 1.53. The molecule has 2 N–H and O–H groups in total. The van der Waals surface area contributed by atoms with Crippen molar-refractivity contribution in [3.63, 3.8) is 0 Å². The van der Waals surface area contributed by atoms with E-state index < -0.39 is 0 Å². The molecule has 4 heteroatoms. The lowest BCUT2D eigenvalue weighted by atomic mass is 10.1. The molecule has 0 aliphatic carbocycles. The summed E-state index contributed by atoms with van der Waals surface area (Å²) in [5, 5.41) is 0.577. The minimum atomic E-state index is 0.0210. The molecule has 2 aromatic rings. The Morgan fingerprint density at radius 2 is 2.06 bits per heavy atom. The highest BCUT2D eigenvalue weighted by atomic mass is 35.5. The number of nitrogen functional groups attached to an aromatic ring is 1. The summed E-state index contributed by atoms with van der Waals surface area (Å²) in [5.41, 5.74) is 7.42. The molecule has 0 aliphatic rings. The average Bonchev–Trinajstić information content (AvgIpc) is 2.61. The largest absolute Gasteiger partial charge is 0.398 e. The van der Waals surface area contributed by atoms with Gasteiger partial charge in [-0.15, -0.1) is 11.3 Å². The number of nitrogens with two attached hydrogens (primary N) is 1. The summed E-state index contributed by atoms with van der Waals surface area (Å²) in [6.07, 6.45) is 0. The van der Waals surface area contributed by atoms with Gasteiger partial charge in [0.15, 0.2) is 5.78 Å². The van der Waals surface area contributed by atoms with Crippen LogP contribution in [0.4, 0.5) is 5.69 Å². The zero-order chi connectivity index (χ0) is 11.7. The van der Waals surface area contributed by atoms with E-state index in [1.54, 1.807) is 6.07 Å². The van der Waals surface area contributed by atoms with E-state index in [-0.39, 0.29) is 5.78 Å². The fourth-order valence-corrected chi connectivity index (χ4v) is 2.81. The predicted molar refractivity (Wildman–Crippen MR) is 69.2 cm³/mol. The van der Waals surface area contributed by atoms with Gasteiger partial charge in [0.2, 0.25) is 0 Å². The number of thiophene rings is 1. The van der Waals surface area contributed by atoms with Gasteiger partial charge >= 0.3 is 0 Å². The van der Waals surface area contributed by atoms with Crippen molar-refractivity contribution in [1.29, 1.82) is 0 Å². The van der Waals surface area contributed by atoms with Gasteiger partial charge in [-0.1, -0.05) is 29.8 Å². The van der Waals surface area contributed by atoms with Crippen molar-refractivity contribution >= 4 is 34.4 Å². The van der Waals surface area contributed by atoms with E-state index >= 15 is 0 Å². The number of rotatable bonds is 2. The number of benzene rings is 1. The Labute approximate surface area is 103 Å². The lowest BCUT2D eigenvalue weighted by molar-refractivity contribution is 0.102. The van der Waals surface area contributed by atoms with Gasteiger partial charge in [-0.05, 0) is 19.1 Å². The number of hydrogen-bond donors (Lipinski definition) is 1. The first-order chi connectivity index (χ1) is 7.59. The lowest BCUT2D eigenvalue weighted by Crippen LogP contribution is -1.87. The fraction of sp³-hybridized carbons (Fsp3) is 0.0833. The van der Waals surface area contributed by atoms with Crippen LogP contribution >= 0.6 is 22.9 Å². The monoisotopic (exact) mass is 251 g/mol. The van der Waals surface area contributed by atoms with Crippen molar-refractivity contribution in [2.75, 3.05) is 5.73 Å². The van der Waals surface area contributed by atoms with Crippen LogP contribution in [-0.2, 0) is 0 Å². The minimum absolute atomic E-state index is 0.0210. The Hall–Kier alpha value is -1.32. The molecule has 0 radical (unpaired) electrons. The molecule has 2 nitrogen and oxygen atoms in total. The average molecular weight is 252 g/mol. The van der Waals surface area contributed by atoms with Crippen molar-refractivity contribution in [2.24, 2.45) is 0 Å². The summed E-state index contributed by atoms with van der Waals surface area (Å²) in [5.74, 6) is 0.0210. The SMILES string of the molecule is CC(=O)c1cc(Cl)c(-c2ccccc2N)s1. The quantitative estimate of drug-likeness (QED) is 0.651. The Kier molecular flexibility index (Phi) is 2.99. The zero-order valence-corrected chi connectivity index (χ0v) is 10.2. The van der Waals surface area contributed by atoms with Crippen LogP contribution in [0.3, 0.4) is 0 Å². The second-order valence-electron chi connectivity index (χ2n) is 3.43. The van der Waals surface area contributed by atoms with E-state index in [1.165, 1.54) is 18.3 Å². The highest BCUT2D eigenvalue weighted by Crippen LogP contribution is 2.38. The van der Waals surface area contributed by atoms with Crippen LogP contribution in [0.25, 0.3) is 10.4 Å². The highest BCUT2D eigenvalue weighted by molar-refractivity contribution is 7.18. The van der Waals surface area contributed by atoms with E-state index in [9.17, 15) is 4.79 Å². The number of ketones is 1. The zero-order valence-electron chi connectivity index (χ0n) is 8.66. The maximum atomic E-state index is 11.2. The number of carbonyl (C=O) groups excluding carboxylic acids is 1. The summed E-state index contributed by atoms with van der Waals surface area (Å²) in [7, 11) is 0. The molecule has 0 saturated carbocycles. The molecule has 0 fully saturated rings. The maximum Gasteiger partial charge on any atom is 0.169 e. The number of Topliss-reactive ketones (excluding diaryl/α,β-unsaturated/α-hetero) is 1. The maximum absolute atomic E-state index is 11.2. The van der Waals surface area contributed by atoms with Gasteiger partial charge in [0.1, 0.15) is 0 Å². The minimum Gasteiger partial charge on any atom is -0.398 e. The third kappa shape index (κ3) is 1.96. The van der Waals surface area contributed by atoms with Gasteiger partial charge < -0.3 is 5.73 Å². The molecule has 0 atom stereocenters. The molecular formula is C12H10ClNOS. The topological polar surface area (TPSA) is 43.1 Å². The Bertz CT molecular complexity index is 548. The van der Waals surface area contributed by atoms with Crippen LogP contribution in [0.5, 0.6) is 0 Å². The molecule has 0 bridgehead atoms. The molecule has 0 amide bonds. The van der Waals surface area contributed by atoms with Gasteiger partial charge in [-0.3, -0.25) is 4.79 Å². The second kappa shape index (κ2) is 4.28. The van der Waals surface area contributed by atoms with E-state index in [1.807, 2.05) is 24.3 Å². The summed E-state index contributed by atoms with van der Waals surface area (Å²) >= 11 is 7.47. The van der Waals surface area contributed by atoms with Crippen LogP contribution in [0.1, 0.15) is 16.6 Å². The highest BCUT2D eigenvalue weighted by Gasteiger charge is 2.13. The van der Waals surface area contributed by atoms with Crippen molar-refractivity contribution in [3.05, 3.63) is 40.2 Å². The molecule has 82 valence electrons. The summed E-state index contributed by atoms with van der Waals surface area (Å²) in [6, 6.07) is 9.17. The molecule has 0 spiro atoms. The Balaban J connectivity index is 2.57. The molecule has 1 heterocycles. The van der Waals surface area contributed by atoms with Gasteiger partial charge in [-0.25, -0.2) is 0 Å². The fourth-order valence-electron chi connectivity index (χ4n) is 1.43.